The molecule has 0 saturated heterocycles. The monoisotopic (exact) mass is 241 g/mol. The van der Waals surface area contributed by atoms with Gasteiger partial charge in [0, 0.05) is 12.6 Å². The average Bonchev–Trinajstić information content (AvgIpc) is 2.60. The summed E-state index contributed by atoms with van der Waals surface area (Å²) in [4.78, 5) is 8.25. The number of aliphatic hydroxyl groups excluding tert-OH is 1. The van der Waals surface area contributed by atoms with Crippen molar-refractivity contribution in [1.29, 1.82) is 0 Å². The molecule has 88 valence electrons. The number of nitrogens with one attached hydrogen (secondary N) is 1. The smallest absolute Gasteiger partial charge is 0.134 e. The molecule has 5 heteroatoms. The first kappa shape index (κ1) is 11.6. The Kier molecular flexibility index (Phi) is 3.61. The zero-order valence-electron chi connectivity index (χ0n) is 9.28. The van der Waals surface area contributed by atoms with Gasteiger partial charge in [-0.1, -0.05) is 11.6 Å². The Morgan fingerprint density at radius 1 is 1.50 bits per heavy atom. The van der Waals surface area contributed by atoms with Crippen molar-refractivity contribution in [3.05, 3.63) is 17.0 Å². The highest BCUT2D eigenvalue weighted by atomic mass is 35.5. The summed E-state index contributed by atoms with van der Waals surface area (Å²) in [6.07, 6.45) is 2.75. The second-order valence-electron chi connectivity index (χ2n) is 4.34. The van der Waals surface area contributed by atoms with Crippen LogP contribution in [0, 0.1) is 12.8 Å². The Labute approximate surface area is 100 Å². The van der Waals surface area contributed by atoms with Crippen LogP contribution in [0.4, 0.5) is 5.82 Å². The molecule has 2 rings (SSSR count). The Morgan fingerprint density at radius 2 is 2.31 bits per heavy atom. The van der Waals surface area contributed by atoms with E-state index in [0.29, 0.717) is 16.9 Å². The Morgan fingerprint density at radius 3 is 2.94 bits per heavy atom. The summed E-state index contributed by atoms with van der Waals surface area (Å²) in [5.74, 6) is 1.96. The maximum atomic E-state index is 9.41. The molecule has 1 aromatic heterocycles. The second kappa shape index (κ2) is 4.97. The van der Waals surface area contributed by atoms with E-state index in [2.05, 4.69) is 15.3 Å². The standard InChI is InChI=1S/C11H16ClN3O/c1-7-14-10(12)5-11(15-7)13-6-8-2-3-9(16)4-8/h5,8-9,16H,2-4,6H2,1H3,(H,13,14,15). The molecular weight excluding hydrogens is 226 g/mol. The van der Waals surface area contributed by atoms with Crippen LogP contribution in [0.5, 0.6) is 0 Å². The van der Waals surface area contributed by atoms with Gasteiger partial charge in [-0.05, 0) is 32.1 Å². The van der Waals surface area contributed by atoms with Crippen LogP contribution >= 0.6 is 11.6 Å². The van der Waals surface area contributed by atoms with Gasteiger partial charge < -0.3 is 10.4 Å². The van der Waals surface area contributed by atoms with Crippen LogP contribution < -0.4 is 5.32 Å². The fourth-order valence-electron chi connectivity index (χ4n) is 2.10. The zero-order valence-corrected chi connectivity index (χ0v) is 10.0. The fraction of sp³-hybridized carbons (Fsp3) is 0.636. The third-order valence-corrected chi connectivity index (χ3v) is 3.09. The van der Waals surface area contributed by atoms with E-state index in [-0.39, 0.29) is 6.10 Å². The SMILES string of the molecule is Cc1nc(Cl)cc(NCC2CCC(O)C2)n1. The molecule has 0 amide bonds. The fourth-order valence-corrected chi connectivity index (χ4v) is 2.33. The first-order chi connectivity index (χ1) is 7.63. The molecule has 4 nitrogen and oxygen atoms in total. The van der Waals surface area contributed by atoms with Crippen molar-refractivity contribution < 1.29 is 5.11 Å². The molecule has 0 aliphatic heterocycles. The Balaban J connectivity index is 1.89. The molecule has 1 aliphatic rings. The van der Waals surface area contributed by atoms with Gasteiger partial charge in [0.15, 0.2) is 0 Å². The lowest BCUT2D eigenvalue weighted by Gasteiger charge is -2.11. The van der Waals surface area contributed by atoms with Crippen molar-refractivity contribution in [1.82, 2.24) is 9.97 Å². The first-order valence-corrected chi connectivity index (χ1v) is 5.94. The summed E-state index contributed by atoms with van der Waals surface area (Å²) in [7, 11) is 0. The van der Waals surface area contributed by atoms with E-state index in [9.17, 15) is 5.11 Å². The minimum absolute atomic E-state index is 0.123. The molecule has 0 spiro atoms. The van der Waals surface area contributed by atoms with Gasteiger partial charge in [0.2, 0.25) is 0 Å². The number of hydrogen-bond acceptors (Lipinski definition) is 4. The molecule has 0 radical (unpaired) electrons. The van der Waals surface area contributed by atoms with Gasteiger partial charge in [0.1, 0.15) is 16.8 Å². The number of aliphatic hydroxyl groups is 1. The first-order valence-electron chi connectivity index (χ1n) is 5.56. The highest BCUT2D eigenvalue weighted by molar-refractivity contribution is 6.29. The molecule has 1 aliphatic carbocycles. The van der Waals surface area contributed by atoms with Crippen LogP contribution in [0.25, 0.3) is 0 Å². The van der Waals surface area contributed by atoms with E-state index in [0.717, 1.165) is 31.6 Å². The molecule has 0 bridgehead atoms. The van der Waals surface area contributed by atoms with Crippen LogP contribution in [-0.4, -0.2) is 27.7 Å². The lowest BCUT2D eigenvalue weighted by atomic mass is 10.1. The third kappa shape index (κ3) is 3.06. The number of nitrogens with zero attached hydrogens (tertiary/aromatic N) is 2. The van der Waals surface area contributed by atoms with Crippen molar-refractivity contribution >= 4 is 17.4 Å². The van der Waals surface area contributed by atoms with Crippen molar-refractivity contribution in [3.8, 4) is 0 Å². The lowest BCUT2D eigenvalue weighted by molar-refractivity contribution is 0.178. The molecule has 2 N–H and O–H groups in total. The summed E-state index contributed by atoms with van der Waals surface area (Å²) in [6, 6.07) is 1.72. The summed E-state index contributed by atoms with van der Waals surface area (Å²) in [6.45, 7) is 2.65. The van der Waals surface area contributed by atoms with Crippen LogP contribution in [0.1, 0.15) is 25.1 Å². The van der Waals surface area contributed by atoms with Crippen molar-refractivity contribution in [2.45, 2.75) is 32.3 Å². The van der Waals surface area contributed by atoms with Crippen molar-refractivity contribution in [2.75, 3.05) is 11.9 Å². The van der Waals surface area contributed by atoms with E-state index in [1.54, 1.807) is 6.07 Å². The quantitative estimate of drug-likeness (QED) is 0.795. The highest BCUT2D eigenvalue weighted by Crippen LogP contribution is 2.25. The largest absolute Gasteiger partial charge is 0.393 e. The highest BCUT2D eigenvalue weighted by Gasteiger charge is 2.22. The zero-order chi connectivity index (χ0) is 11.5. The topological polar surface area (TPSA) is 58.0 Å². The number of hydrogen-bond donors (Lipinski definition) is 2. The number of rotatable bonds is 3. The van der Waals surface area contributed by atoms with Gasteiger partial charge in [-0.2, -0.15) is 0 Å². The Bertz CT molecular complexity index is 352. The molecule has 2 atom stereocenters. The summed E-state index contributed by atoms with van der Waals surface area (Å²) >= 11 is 5.84. The van der Waals surface area contributed by atoms with Crippen LogP contribution in [0.15, 0.2) is 6.07 Å². The van der Waals surface area contributed by atoms with Gasteiger partial charge in [-0.3, -0.25) is 0 Å². The van der Waals surface area contributed by atoms with E-state index in [1.165, 1.54) is 0 Å². The van der Waals surface area contributed by atoms with Crippen LogP contribution in [-0.2, 0) is 0 Å². The van der Waals surface area contributed by atoms with Gasteiger partial charge in [-0.15, -0.1) is 0 Å². The van der Waals surface area contributed by atoms with Crippen molar-refractivity contribution in [3.63, 3.8) is 0 Å². The van der Waals surface area contributed by atoms with Crippen LogP contribution in [0.3, 0.4) is 0 Å². The van der Waals surface area contributed by atoms with Gasteiger partial charge in [0.05, 0.1) is 6.10 Å². The lowest BCUT2D eigenvalue weighted by Crippen LogP contribution is -2.13. The second-order valence-corrected chi connectivity index (χ2v) is 4.72. The maximum Gasteiger partial charge on any atom is 0.134 e. The number of aryl methyl sites for hydroxylation is 1. The minimum Gasteiger partial charge on any atom is -0.393 e. The molecule has 1 aromatic rings. The van der Waals surface area contributed by atoms with Gasteiger partial charge in [0.25, 0.3) is 0 Å². The minimum atomic E-state index is -0.123. The molecular formula is C11H16ClN3O. The van der Waals surface area contributed by atoms with Gasteiger partial charge >= 0.3 is 0 Å². The summed E-state index contributed by atoms with van der Waals surface area (Å²) < 4.78 is 0. The summed E-state index contributed by atoms with van der Waals surface area (Å²) in [5, 5.41) is 13.1. The molecule has 1 fully saturated rings. The molecule has 2 unspecified atom stereocenters. The van der Waals surface area contributed by atoms with E-state index in [4.69, 9.17) is 11.6 Å². The molecule has 16 heavy (non-hydrogen) atoms. The van der Waals surface area contributed by atoms with E-state index < -0.39 is 0 Å². The number of anilines is 1. The molecule has 1 heterocycles. The normalized spacial score (nSPS) is 24.7. The molecule has 0 aromatic carbocycles. The predicted molar refractivity (Wildman–Crippen MR) is 63.6 cm³/mol. The van der Waals surface area contributed by atoms with Crippen LogP contribution in [0.2, 0.25) is 5.15 Å². The summed E-state index contributed by atoms with van der Waals surface area (Å²) in [5.41, 5.74) is 0. The molecule has 1 saturated carbocycles. The van der Waals surface area contributed by atoms with Crippen molar-refractivity contribution in [2.24, 2.45) is 5.92 Å². The number of aromatic nitrogens is 2. The number of halogens is 1. The predicted octanol–water partition coefficient (Wildman–Crippen LogP) is 2.01. The van der Waals surface area contributed by atoms with E-state index >= 15 is 0 Å². The average molecular weight is 242 g/mol. The van der Waals surface area contributed by atoms with Gasteiger partial charge in [-0.25, -0.2) is 9.97 Å². The maximum absolute atomic E-state index is 9.41. The van der Waals surface area contributed by atoms with E-state index in [1.807, 2.05) is 6.92 Å². The Hall–Kier alpha value is -0.870. The third-order valence-electron chi connectivity index (χ3n) is 2.89.